The van der Waals surface area contributed by atoms with Crippen LogP contribution >= 0.6 is 0 Å². The van der Waals surface area contributed by atoms with Crippen molar-refractivity contribution in [2.45, 2.75) is 25.0 Å². The highest BCUT2D eigenvalue weighted by Crippen LogP contribution is 2.13. The SMILES string of the molecule is O=C1C[C@H](O)C[C@@H](CO)O1. The van der Waals surface area contributed by atoms with E-state index in [1.807, 2.05) is 0 Å². The van der Waals surface area contributed by atoms with E-state index in [0.29, 0.717) is 6.42 Å². The fourth-order valence-corrected chi connectivity index (χ4v) is 0.973. The topological polar surface area (TPSA) is 66.8 Å². The number of cyclic esters (lactones) is 1. The van der Waals surface area contributed by atoms with Gasteiger partial charge in [-0.05, 0) is 0 Å². The minimum absolute atomic E-state index is 0.0521. The van der Waals surface area contributed by atoms with Crippen LogP contribution in [0.2, 0.25) is 0 Å². The standard InChI is InChI=1S/C6H10O4/c7-3-5-1-4(8)2-6(9)10-5/h4-5,7-8H,1-3H2/t4-,5+/m1/s1. The van der Waals surface area contributed by atoms with E-state index in [1.54, 1.807) is 0 Å². The van der Waals surface area contributed by atoms with Gasteiger partial charge < -0.3 is 14.9 Å². The number of aliphatic hydroxyl groups excluding tert-OH is 2. The van der Waals surface area contributed by atoms with E-state index < -0.39 is 18.2 Å². The first kappa shape index (κ1) is 7.50. The summed E-state index contributed by atoms with van der Waals surface area (Å²) in [4.78, 5) is 10.5. The molecule has 0 aromatic carbocycles. The van der Waals surface area contributed by atoms with Crippen molar-refractivity contribution in [3.63, 3.8) is 0 Å². The molecular weight excluding hydrogens is 136 g/mol. The van der Waals surface area contributed by atoms with Crippen molar-refractivity contribution in [1.82, 2.24) is 0 Å². The summed E-state index contributed by atoms with van der Waals surface area (Å²) in [6, 6.07) is 0. The lowest BCUT2D eigenvalue weighted by molar-refractivity contribution is -0.162. The second-order valence-electron chi connectivity index (χ2n) is 2.39. The van der Waals surface area contributed by atoms with Gasteiger partial charge in [0.05, 0.1) is 19.1 Å². The Kier molecular flexibility index (Phi) is 2.24. The predicted molar refractivity (Wildman–Crippen MR) is 32.2 cm³/mol. The molecule has 2 N–H and O–H groups in total. The molecule has 0 unspecified atom stereocenters. The van der Waals surface area contributed by atoms with Gasteiger partial charge in [-0.15, -0.1) is 0 Å². The third kappa shape index (κ3) is 1.68. The van der Waals surface area contributed by atoms with Gasteiger partial charge in [0.1, 0.15) is 6.10 Å². The fourth-order valence-electron chi connectivity index (χ4n) is 0.973. The van der Waals surface area contributed by atoms with Crippen LogP contribution in [0.1, 0.15) is 12.8 Å². The lowest BCUT2D eigenvalue weighted by atomic mass is 10.1. The van der Waals surface area contributed by atoms with E-state index in [0.717, 1.165) is 0 Å². The molecule has 4 nitrogen and oxygen atoms in total. The molecule has 1 heterocycles. The molecule has 1 aliphatic rings. The van der Waals surface area contributed by atoms with E-state index >= 15 is 0 Å². The van der Waals surface area contributed by atoms with Gasteiger partial charge >= 0.3 is 5.97 Å². The molecule has 0 radical (unpaired) electrons. The second kappa shape index (κ2) is 2.98. The molecule has 0 bridgehead atoms. The van der Waals surface area contributed by atoms with Crippen molar-refractivity contribution in [3.8, 4) is 0 Å². The van der Waals surface area contributed by atoms with Gasteiger partial charge in [0.15, 0.2) is 0 Å². The summed E-state index contributed by atoms with van der Waals surface area (Å²) in [5.74, 6) is -0.433. The predicted octanol–water partition coefficient (Wildman–Crippen LogP) is -0.955. The Morgan fingerprint density at radius 3 is 2.90 bits per heavy atom. The molecule has 0 aromatic rings. The first-order valence-corrected chi connectivity index (χ1v) is 3.20. The first-order chi connectivity index (χ1) is 4.72. The van der Waals surface area contributed by atoms with E-state index in [1.165, 1.54) is 0 Å². The lowest BCUT2D eigenvalue weighted by Crippen LogP contribution is -2.34. The van der Waals surface area contributed by atoms with Crippen molar-refractivity contribution in [1.29, 1.82) is 0 Å². The molecule has 0 spiro atoms. The Morgan fingerprint density at radius 2 is 2.40 bits per heavy atom. The van der Waals surface area contributed by atoms with Gasteiger partial charge in [0.2, 0.25) is 0 Å². The van der Waals surface area contributed by atoms with Gasteiger partial charge in [-0.1, -0.05) is 0 Å². The van der Waals surface area contributed by atoms with Crippen molar-refractivity contribution in [3.05, 3.63) is 0 Å². The molecule has 1 saturated heterocycles. The summed E-state index contributed by atoms with van der Waals surface area (Å²) < 4.78 is 4.66. The summed E-state index contributed by atoms with van der Waals surface area (Å²) in [7, 11) is 0. The Hall–Kier alpha value is -0.610. The lowest BCUT2D eigenvalue weighted by Gasteiger charge is -2.23. The minimum atomic E-state index is -0.640. The molecular formula is C6H10O4. The molecule has 58 valence electrons. The molecule has 0 saturated carbocycles. The summed E-state index contributed by atoms with van der Waals surface area (Å²) in [5, 5.41) is 17.5. The molecule has 10 heavy (non-hydrogen) atoms. The van der Waals surface area contributed by atoms with Crippen LogP contribution in [0.15, 0.2) is 0 Å². The molecule has 1 fully saturated rings. The number of rotatable bonds is 1. The summed E-state index contributed by atoms with van der Waals surface area (Å²) in [6.07, 6.45) is -0.742. The van der Waals surface area contributed by atoms with Crippen LogP contribution in [0.25, 0.3) is 0 Å². The molecule has 4 heteroatoms. The monoisotopic (exact) mass is 146 g/mol. The molecule has 1 rings (SSSR count). The highest BCUT2D eigenvalue weighted by atomic mass is 16.6. The molecule has 0 aliphatic carbocycles. The summed E-state index contributed by atoms with van der Waals surface area (Å²) in [5.41, 5.74) is 0. The van der Waals surface area contributed by atoms with Crippen LogP contribution in [0.5, 0.6) is 0 Å². The number of hydrogen-bond acceptors (Lipinski definition) is 4. The maximum Gasteiger partial charge on any atom is 0.308 e. The van der Waals surface area contributed by atoms with Crippen LogP contribution in [0, 0.1) is 0 Å². The molecule has 2 atom stereocenters. The van der Waals surface area contributed by atoms with E-state index in [9.17, 15) is 4.79 Å². The van der Waals surface area contributed by atoms with E-state index in [4.69, 9.17) is 10.2 Å². The number of aliphatic hydroxyl groups is 2. The zero-order valence-corrected chi connectivity index (χ0v) is 5.49. The largest absolute Gasteiger partial charge is 0.460 e. The quantitative estimate of drug-likeness (QED) is 0.468. The summed E-state index contributed by atoms with van der Waals surface area (Å²) in [6.45, 7) is -0.206. The second-order valence-corrected chi connectivity index (χ2v) is 2.39. The van der Waals surface area contributed by atoms with Crippen molar-refractivity contribution in [2.75, 3.05) is 6.61 Å². The normalized spacial score (nSPS) is 33.6. The van der Waals surface area contributed by atoms with Gasteiger partial charge in [-0.2, -0.15) is 0 Å². The van der Waals surface area contributed by atoms with Crippen LogP contribution in [-0.4, -0.2) is 35.0 Å². The van der Waals surface area contributed by atoms with Crippen molar-refractivity contribution in [2.24, 2.45) is 0 Å². The number of esters is 1. The first-order valence-electron chi connectivity index (χ1n) is 3.20. The third-order valence-electron chi connectivity index (χ3n) is 1.44. The van der Waals surface area contributed by atoms with E-state index in [2.05, 4.69) is 4.74 Å². The zero-order chi connectivity index (χ0) is 7.56. The Balaban J connectivity index is 2.42. The average molecular weight is 146 g/mol. The Bertz CT molecular complexity index is 134. The van der Waals surface area contributed by atoms with Gasteiger partial charge in [0.25, 0.3) is 0 Å². The van der Waals surface area contributed by atoms with E-state index in [-0.39, 0.29) is 13.0 Å². The molecule has 0 aromatic heterocycles. The number of carbonyl (C=O) groups excluding carboxylic acids is 1. The fraction of sp³-hybridized carbons (Fsp3) is 0.833. The van der Waals surface area contributed by atoms with Crippen LogP contribution < -0.4 is 0 Å². The minimum Gasteiger partial charge on any atom is -0.460 e. The van der Waals surface area contributed by atoms with Crippen LogP contribution in [-0.2, 0) is 9.53 Å². The van der Waals surface area contributed by atoms with Crippen molar-refractivity contribution < 1.29 is 19.7 Å². The maximum absolute atomic E-state index is 10.5. The number of ether oxygens (including phenoxy) is 1. The van der Waals surface area contributed by atoms with Crippen LogP contribution in [0.3, 0.4) is 0 Å². The van der Waals surface area contributed by atoms with Gasteiger partial charge in [0, 0.05) is 6.42 Å². The Labute approximate surface area is 58.4 Å². The average Bonchev–Trinajstić information content (AvgIpc) is 1.85. The van der Waals surface area contributed by atoms with Gasteiger partial charge in [-0.25, -0.2) is 0 Å². The number of carbonyl (C=O) groups is 1. The van der Waals surface area contributed by atoms with Gasteiger partial charge in [-0.3, -0.25) is 4.79 Å². The van der Waals surface area contributed by atoms with Crippen molar-refractivity contribution >= 4 is 5.97 Å². The molecule has 1 aliphatic heterocycles. The zero-order valence-electron chi connectivity index (χ0n) is 5.49. The molecule has 0 amide bonds. The summed E-state index contributed by atoms with van der Waals surface area (Å²) >= 11 is 0. The highest BCUT2D eigenvalue weighted by molar-refractivity contribution is 5.70. The smallest absolute Gasteiger partial charge is 0.308 e. The highest BCUT2D eigenvalue weighted by Gasteiger charge is 2.26. The number of hydrogen-bond donors (Lipinski definition) is 2. The third-order valence-corrected chi connectivity index (χ3v) is 1.44. The van der Waals surface area contributed by atoms with Crippen LogP contribution in [0.4, 0.5) is 0 Å². The maximum atomic E-state index is 10.5. The Morgan fingerprint density at radius 1 is 1.70 bits per heavy atom.